The first-order chi connectivity index (χ1) is 27.2. The van der Waals surface area contributed by atoms with Gasteiger partial charge in [-0.2, -0.15) is 0 Å². The lowest BCUT2D eigenvalue weighted by Crippen LogP contribution is -2.29. The highest BCUT2D eigenvalue weighted by atomic mass is 16.6. The Hall–Kier alpha value is -8.40. The van der Waals surface area contributed by atoms with Crippen LogP contribution < -0.4 is 18.9 Å². The lowest BCUT2D eigenvalue weighted by molar-refractivity contribution is -0.133. The number of aliphatic carboxylic acids is 4. The lowest BCUT2D eigenvalue weighted by Gasteiger charge is -2.34. The summed E-state index contributed by atoms with van der Waals surface area (Å²) in [5.41, 5.74) is 1.85. The molecule has 0 fully saturated rings. The van der Waals surface area contributed by atoms with Gasteiger partial charge in [-0.1, -0.05) is 60.7 Å². The molecule has 0 aromatic heterocycles. The van der Waals surface area contributed by atoms with Gasteiger partial charge in [-0.15, -0.1) is 0 Å². The summed E-state index contributed by atoms with van der Waals surface area (Å²) in [6, 6.07) is 22.4. The molecular formula is C41H26O16. The van der Waals surface area contributed by atoms with E-state index in [9.17, 15) is 38.4 Å². The van der Waals surface area contributed by atoms with E-state index in [4.69, 9.17) is 39.4 Å². The quantitative estimate of drug-likeness (QED) is 0.0699. The third kappa shape index (κ3) is 9.22. The van der Waals surface area contributed by atoms with Gasteiger partial charge in [-0.3, -0.25) is 0 Å². The van der Waals surface area contributed by atoms with E-state index in [0.717, 1.165) is 11.1 Å². The average Bonchev–Trinajstić information content (AvgIpc) is 3.47. The second kappa shape index (κ2) is 17.2. The highest BCUT2D eigenvalue weighted by Gasteiger charge is 2.47. The highest BCUT2D eigenvalue weighted by Crippen LogP contribution is 2.57. The molecule has 4 aromatic rings. The van der Waals surface area contributed by atoms with Crippen LogP contribution in [-0.2, 0) is 43.8 Å². The van der Waals surface area contributed by atoms with E-state index in [-0.39, 0.29) is 11.5 Å². The number of carboxylic acid groups (broad SMARTS) is 4. The Morgan fingerprint density at radius 1 is 0.386 bits per heavy atom. The van der Waals surface area contributed by atoms with Crippen LogP contribution in [0.5, 0.6) is 23.0 Å². The average molecular weight is 775 g/mol. The van der Waals surface area contributed by atoms with Crippen LogP contribution in [0.3, 0.4) is 0 Å². The second-order valence-corrected chi connectivity index (χ2v) is 11.5. The smallest absolute Gasteiger partial charge is 0.336 e. The van der Waals surface area contributed by atoms with Crippen molar-refractivity contribution in [2.75, 3.05) is 0 Å². The van der Waals surface area contributed by atoms with Gasteiger partial charge in [-0.05, 0) is 57.6 Å². The molecule has 0 radical (unpaired) electrons. The zero-order valence-corrected chi connectivity index (χ0v) is 28.9. The van der Waals surface area contributed by atoms with Crippen molar-refractivity contribution in [3.63, 3.8) is 0 Å². The maximum Gasteiger partial charge on any atom is 0.336 e. The Balaban J connectivity index is 1.79. The van der Waals surface area contributed by atoms with Crippen LogP contribution in [0.1, 0.15) is 22.3 Å². The monoisotopic (exact) mass is 774 g/mol. The van der Waals surface area contributed by atoms with Gasteiger partial charge in [0.2, 0.25) is 0 Å². The summed E-state index contributed by atoms with van der Waals surface area (Å²) in [4.78, 5) is 95.0. The van der Waals surface area contributed by atoms with Gasteiger partial charge in [0.15, 0.2) is 23.0 Å². The van der Waals surface area contributed by atoms with Crippen LogP contribution in [0.2, 0.25) is 0 Å². The normalized spacial score (nSPS) is 12.6. The molecule has 0 saturated heterocycles. The topological polar surface area (TPSA) is 254 Å². The van der Waals surface area contributed by atoms with Gasteiger partial charge < -0.3 is 39.4 Å². The molecule has 0 bridgehead atoms. The molecule has 57 heavy (non-hydrogen) atoms. The number of carboxylic acids is 4. The zero-order chi connectivity index (χ0) is 41.3. The molecule has 0 atom stereocenters. The van der Waals surface area contributed by atoms with Crippen molar-refractivity contribution in [3.05, 3.63) is 156 Å². The van der Waals surface area contributed by atoms with Crippen molar-refractivity contribution in [1.82, 2.24) is 0 Å². The van der Waals surface area contributed by atoms with Crippen molar-refractivity contribution in [2.45, 2.75) is 5.41 Å². The maximum absolute atomic E-state index is 12.8. The predicted molar refractivity (Wildman–Crippen MR) is 193 cm³/mol. The van der Waals surface area contributed by atoms with E-state index in [1.807, 2.05) is 12.1 Å². The fourth-order valence-electron chi connectivity index (χ4n) is 5.96. The van der Waals surface area contributed by atoms with Crippen LogP contribution in [-0.4, -0.2) is 68.2 Å². The summed E-state index contributed by atoms with van der Waals surface area (Å²) in [7, 11) is 0. The molecule has 0 unspecified atom stereocenters. The first kappa shape index (κ1) is 39.8. The van der Waals surface area contributed by atoms with E-state index in [1.165, 1.54) is 36.4 Å². The van der Waals surface area contributed by atoms with Crippen LogP contribution in [0.25, 0.3) is 11.1 Å². The van der Waals surface area contributed by atoms with E-state index in [2.05, 4.69) is 0 Å². The van der Waals surface area contributed by atoms with Crippen molar-refractivity contribution in [2.24, 2.45) is 0 Å². The number of hydrogen-bond donors (Lipinski definition) is 4. The first-order valence-electron chi connectivity index (χ1n) is 16.2. The van der Waals surface area contributed by atoms with Crippen molar-refractivity contribution in [1.29, 1.82) is 0 Å². The number of rotatable bonds is 14. The molecule has 0 spiro atoms. The fraction of sp³-hybridized carbons (Fsp3) is 0.0244. The summed E-state index contributed by atoms with van der Waals surface area (Å²) in [6.45, 7) is 0. The molecule has 0 saturated carbocycles. The van der Waals surface area contributed by atoms with Gasteiger partial charge in [0.05, 0.1) is 5.41 Å². The van der Waals surface area contributed by atoms with Gasteiger partial charge in [-0.25, -0.2) is 38.4 Å². The molecule has 0 amide bonds. The van der Waals surface area contributed by atoms with Gasteiger partial charge in [0.1, 0.15) is 0 Å². The van der Waals surface area contributed by atoms with Crippen LogP contribution in [0, 0.1) is 0 Å². The molecule has 16 heteroatoms. The number of carbonyl (C=O) groups excluding carboxylic acids is 4. The third-order valence-electron chi connectivity index (χ3n) is 8.00. The first-order valence-corrected chi connectivity index (χ1v) is 16.2. The summed E-state index contributed by atoms with van der Waals surface area (Å²) in [5, 5.41) is 36.0. The predicted octanol–water partition coefficient (Wildman–Crippen LogP) is 4.23. The number of hydrogen-bond acceptors (Lipinski definition) is 12. The number of fused-ring (bicyclic) bond motifs is 3. The summed E-state index contributed by atoms with van der Waals surface area (Å²) >= 11 is 0. The highest BCUT2D eigenvalue weighted by molar-refractivity contribution is 5.95. The van der Waals surface area contributed by atoms with Crippen LogP contribution in [0.15, 0.2) is 134 Å². The molecule has 1 aliphatic rings. The van der Waals surface area contributed by atoms with Gasteiger partial charge in [0, 0.05) is 48.6 Å². The van der Waals surface area contributed by atoms with Crippen LogP contribution in [0.4, 0.5) is 0 Å². The maximum atomic E-state index is 12.8. The summed E-state index contributed by atoms with van der Waals surface area (Å²) < 4.78 is 21.5. The van der Waals surface area contributed by atoms with Crippen LogP contribution >= 0.6 is 0 Å². The SMILES string of the molecule is O=C(O)C=CC(=O)Oc1ccc(C2(c3ccc(OC(=O)C=CC(=O)O)c(OC(=O)C=CC(=O)O)c3)c3ccccc3-c3ccccc32)cc1OC(=O)C=CC(=O)O. The molecule has 0 heterocycles. The number of carbonyl (C=O) groups is 8. The minimum Gasteiger partial charge on any atom is -0.478 e. The molecule has 1 aliphatic carbocycles. The fourth-order valence-corrected chi connectivity index (χ4v) is 5.96. The molecule has 286 valence electrons. The van der Waals surface area contributed by atoms with Crippen molar-refractivity contribution in [3.8, 4) is 34.1 Å². The van der Waals surface area contributed by atoms with Crippen molar-refractivity contribution < 1.29 is 77.7 Å². The molecular weight excluding hydrogens is 748 g/mol. The summed E-state index contributed by atoms with van der Waals surface area (Å²) in [5.74, 6) is -12.1. The van der Waals surface area contributed by atoms with E-state index < -0.39 is 64.7 Å². The second-order valence-electron chi connectivity index (χ2n) is 11.5. The Morgan fingerprint density at radius 3 is 1.00 bits per heavy atom. The zero-order valence-electron chi connectivity index (χ0n) is 28.9. The number of ether oxygens (including phenoxy) is 4. The largest absolute Gasteiger partial charge is 0.478 e. The molecule has 0 aliphatic heterocycles. The van der Waals surface area contributed by atoms with E-state index >= 15 is 0 Å². The molecule has 5 rings (SSSR count). The molecule has 4 N–H and O–H groups in total. The Labute approximate surface area is 320 Å². The Kier molecular flexibility index (Phi) is 12.0. The standard InChI is InChI=1S/C41H26O16/c42-33(43)13-17-37(50)54-29-11-9-23(21-31(29)56-39(52)19-15-35(46)47)41(27-7-3-1-5-25(27)26-6-2-4-8-28(26)41)24-10-12-30(55-38(51)18-14-34(44)45)32(22-24)57-40(53)20-16-36(48)49/h1-22H,(H,42,43)(H,44,45)(H,46,47)(H,48,49). The third-order valence-corrected chi connectivity index (χ3v) is 8.00. The van der Waals surface area contributed by atoms with E-state index in [0.29, 0.717) is 70.9 Å². The number of benzene rings is 4. The molecule has 4 aromatic carbocycles. The van der Waals surface area contributed by atoms with E-state index in [1.54, 1.807) is 36.4 Å². The van der Waals surface area contributed by atoms with Gasteiger partial charge >= 0.3 is 47.8 Å². The van der Waals surface area contributed by atoms with Gasteiger partial charge in [0.25, 0.3) is 0 Å². The minimum absolute atomic E-state index is 0.308. The van der Waals surface area contributed by atoms with Crippen molar-refractivity contribution >= 4 is 47.8 Å². The minimum atomic E-state index is -1.47. The summed E-state index contributed by atoms with van der Waals surface area (Å²) in [6.07, 6.45) is 4.49. The molecule has 16 nitrogen and oxygen atoms in total. The Morgan fingerprint density at radius 2 is 0.684 bits per heavy atom. The lowest BCUT2D eigenvalue weighted by atomic mass is 9.67. The number of esters is 4. The Bertz CT molecular complexity index is 2300.